The molecule has 0 atom stereocenters. The fourth-order valence-corrected chi connectivity index (χ4v) is 4.09. The summed E-state index contributed by atoms with van der Waals surface area (Å²) in [4.78, 5) is 11.6. The van der Waals surface area contributed by atoms with Crippen LogP contribution in [0.15, 0.2) is 33.9 Å². The number of carboxylic acids is 1. The Morgan fingerprint density at radius 1 is 1.39 bits per heavy atom. The average Bonchev–Trinajstić information content (AvgIpc) is 2.98. The smallest absolute Gasteiger partial charge is 0.345 e. The lowest BCUT2D eigenvalue weighted by Crippen LogP contribution is -2.22. The molecule has 0 saturated heterocycles. The van der Waals surface area contributed by atoms with E-state index in [1.165, 1.54) is 16.7 Å². The molecule has 0 aliphatic carbocycles. The quantitative estimate of drug-likeness (QED) is 0.884. The van der Waals surface area contributed by atoms with Crippen LogP contribution in [-0.2, 0) is 16.6 Å². The van der Waals surface area contributed by atoms with Gasteiger partial charge in [0.25, 0.3) is 0 Å². The minimum Gasteiger partial charge on any atom is -0.477 e. The molecular formula is C10H9NO4S3. The Labute approximate surface area is 112 Å². The van der Waals surface area contributed by atoms with E-state index in [2.05, 4.69) is 4.72 Å². The van der Waals surface area contributed by atoms with Gasteiger partial charge in [-0.15, -0.1) is 22.7 Å². The third-order valence-electron chi connectivity index (χ3n) is 2.11. The first kappa shape index (κ1) is 13.2. The van der Waals surface area contributed by atoms with Crippen LogP contribution in [0.1, 0.15) is 14.5 Å². The Morgan fingerprint density at radius 2 is 2.17 bits per heavy atom. The fraction of sp³-hybridized carbons (Fsp3) is 0.100. The molecule has 2 aromatic heterocycles. The van der Waals surface area contributed by atoms with Crippen molar-refractivity contribution in [1.29, 1.82) is 0 Å². The topological polar surface area (TPSA) is 83.5 Å². The molecule has 2 N–H and O–H groups in total. The molecule has 5 nitrogen and oxygen atoms in total. The molecule has 0 radical (unpaired) electrons. The maximum Gasteiger partial charge on any atom is 0.345 e. The lowest BCUT2D eigenvalue weighted by Gasteiger charge is -2.02. The van der Waals surface area contributed by atoms with E-state index in [0.717, 1.165) is 22.3 Å². The van der Waals surface area contributed by atoms with Crippen molar-refractivity contribution < 1.29 is 18.3 Å². The van der Waals surface area contributed by atoms with Gasteiger partial charge < -0.3 is 5.11 Å². The molecule has 2 aromatic rings. The second-order valence-corrected chi connectivity index (χ2v) is 7.07. The molecule has 0 aliphatic rings. The lowest BCUT2D eigenvalue weighted by atomic mass is 10.5. The number of nitrogens with one attached hydrogen (secondary N) is 1. The normalized spacial score (nSPS) is 11.6. The highest BCUT2D eigenvalue weighted by Crippen LogP contribution is 2.19. The molecule has 2 rings (SSSR count). The minimum absolute atomic E-state index is 0.00602. The van der Waals surface area contributed by atoms with Crippen molar-refractivity contribution in [1.82, 2.24) is 4.72 Å². The number of carbonyl (C=O) groups is 1. The summed E-state index contributed by atoms with van der Waals surface area (Å²) < 4.78 is 26.2. The van der Waals surface area contributed by atoms with Gasteiger partial charge in [0.15, 0.2) is 0 Å². The molecule has 0 unspecified atom stereocenters. The van der Waals surface area contributed by atoms with E-state index in [0.29, 0.717) is 0 Å². The summed E-state index contributed by atoms with van der Waals surface area (Å²) >= 11 is 2.34. The Morgan fingerprint density at radius 3 is 2.72 bits per heavy atom. The highest BCUT2D eigenvalue weighted by Gasteiger charge is 2.18. The molecule has 0 amide bonds. The summed E-state index contributed by atoms with van der Waals surface area (Å²) in [7, 11) is -3.65. The van der Waals surface area contributed by atoms with E-state index in [1.807, 2.05) is 17.5 Å². The third kappa shape index (κ3) is 2.96. The summed E-state index contributed by atoms with van der Waals surface area (Å²) in [5.41, 5.74) is 0. The van der Waals surface area contributed by atoms with Crippen LogP contribution in [0, 0.1) is 0 Å². The number of hydrogen-bond acceptors (Lipinski definition) is 5. The first-order chi connectivity index (χ1) is 8.49. The monoisotopic (exact) mass is 303 g/mol. The van der Waals surface area contributed by atoms with Crippen molar-refractivity contribution in [2.75, 3.05) is 0 Å². The van der Waals surface area contributed by atoms with Crippen molar-refractivity contribution in [2.45, 2.75) is 11.4 Å². The van der Waals surface area contributed by atoms with Crippen molar-refractivity contribution in [3.05, 3.63) is 38.7 Å². The number of rotatable bonds is 5. The van der Waals surface area contributed by atoms with Crippen LogP contribution in [0.3, 0.4) is 0 Å². The standard InChI is InChI=1S/C10H9NO4S3/c12-10(13)9-4-8(6-17-9)18(14,15)11-5-7-2-1-3-16-7/h1-4,6,11H,5H2,(H,12,13). The largest absolute Gasteiger partial charge is 0.477 e. The van der Waals surface area contributed by atoms with E-state index in [-0.39, 0.29) is 16.3 Å². The average molecular weight is 303 g/mol. The van der Waals surface area contributed by atoms with Crippen LogP contribution in [0.5, 0.6) is 0 Å². The first-order valence-corrected chi connectivity index (χ1v) is 8.07. The van der Waals surface area contributed by atoms with Crippen LogP contribution in [-0.4, -0.2) is 19.5 Å². The Bertz CT molecular complexity index is 642. The van der Waals surface area contributed by atoms with Gasteiger partial charge in [0.2, 0.25) is 10.0 Å². The summed E-state index contributed by atoms with van der Waals surface area (Å²) in [6.07, 6.45) is 0. The van der Waals surface area contributed by atoms with E-state index in [4.69, 9.17) is 5.11 Å². The van der Waals surface area contributed by atoms with Gasteiger partial charge in [-0.2, -0.15) is 0 Å². The number of thiophene rings is 2. The number of sulfonamides is 1. The number of aromatic carboxylic acids is 1. The first-order valence-electron chi connectivity index (χ1n) is 4.83. The fourth-order valence-electron chi connectivity index (χ4n) is 1.23. The van der Waals surface area contributed by atoms with Gasteiger partial charge in [0, 0.05) is 16.8 Å². The van der Waals surface area contributed by atoms with Crippen molar-refractivity contribution in [2.24, 2.45) is 0 Å². The van der Waals surface area contributed by atoms with E-state index < -0.39 is 16.0 Å². The maximum absolute atomic E-state index is 11.9. The van der Waals surface area contributed by atoms with Crippen LogP contribution < -0.4 is 4.72 Å². The molecule has 8 heteroatoms. The molecule has 96 valence electrons. The van der Waals surface area contributed by atoms with Crippen molar-refractivity contribution in [3.8, 4) is 0 Å². The minimum atomic E-state index is -3.65. The molecule has 0 spiro atoms. The van der Waals surface area contributed by atoms with Gasteiger partial charge >= 0.3 is 5.97 Å². The molecule has 18 heavy (non-hydrogen) atoms. The van der Waals surface area contributed by atoms with Gasteiger partial charge in [-0.1, -0.05) is 6.07 Å². The van der Waals surface area contributed by atoms with Crippen LogP contribution in [0.2, 0.25) is 0 Å². The lowest BCUT2D eigenvalue weighted by molar-refractivity contribution is 0.0702. The van der Waals surface area contributed by atoms with E-state index >= 15 is 0 Å². The van der Waals surface area contributed by atoms with Gasteiger partial charge in [0.05, 0.1) is 4.90 Å². The zero-order chi connectivity index (χ0) is 13.2. The third-order valence-corrected chi connectivity index (χ3v) is 5.44. The van der Waals surface area contributed by atoms with Crippen molar-refractivity contribution >= 4 is 38.7 Å². The highest BCUT2D eigenvalue weighted by molar-refractivity contribution is 7.89. The Hall–Kier alpha value is -1.22. The molecule has 0 aliphatic heterocycles. The SMILES string of the molecule is O=C(O)c1cc(S(=O)(=O)NCc2cccs2)cs1. The zero-order valence-electron chi connectivity index (χ0n) is 8.99. The molecule has 0 fully saturated rings. The molecule has 0 saturated carbocycles. The molecular weight excluding hydrogens is 294 g/mol. The predicted octanol–water partition coefficient (Wildman–Crippen LogP) is 1.99. The zero-order valence-corrected chi connectivity index (χ0v) is 11.4. The van der Waals surface area contributed by atoms with E-state index in [9.17, 15) is 13.2 Å². The van der Waals surface area contributed by atoms with Gasteiger partial charge in [-0.05, 0) is 17.5 Å². The number of carboxylic acid groups (broad SMARTS) is 1. The number of hydrogen-bond donors (Lipinski definition) is 2. The van der Waals surface area contributed by atoms with Crippen molar-refractivity contribution in [3.63, 3.8) is 0 Å². The molecule has 0 aromatic carbocycles. The Kier molecular flexibility index (Phi) is 3.81. The predicted molar refractivity (Wildman–Crippen MR) is 69.6 cm³/mol. The van der Waals surface area contributed by atoms with Crippen LogP contribution in [0.25, 0.3) is 0 Å². The van der Waals surface area contributed by atoms with Gasteiger partial charge in [-0.25, -0.2) is 17.9 Å². The molecule has 2 heterocycles. The molecule has 0 bridgehead atoms. The van der Waals surface area contributed by atoms with Gasteiger partial charge in [0.1, 0.15) is 4.88 Å². The second kappa shape index (κ2) is 5.19. The highest BCUT2D eigenvalue weighted by atomic mass is 32.2. The van der Waals surface area contributed by atoms with Crippen LogP contribution >= 0.6 is 22.7 Å². The van der Waals surface area contributed by atoms with Gasteiger partial charge in [-0.3, -0.25) is 0 Å². The maximum atomic E-state index is 11.9. The van der Waals surface area contributed by atoms with E-state index in [1.54, 1.807) is 0 Å². The second-order valence-electron chi connectivity index (χ2n) is 3.36. The summed E-state index contributed by atoms with van der Waals surface area (Å²) in [5, 5.41) is 11.9. The van der Waals surface area contributed by atoms with Crippen LogP contribution in [0.4, 0.5) is 0 Å². The Balaban J connectivity index is 2.12. The summed E-state index contributed by atoms with van der Waals surface area (Å²) in [6.45, 7) is 0.207. The summed E-state index contributed by atoms with van der Waals surface area (Å²) in [6, 6.07) is 4.81. The summed E-state index contributed by atoms with van der Waals surface area (Å²) in [5.74, 6) is -1.13.